The zero-order chi connectivity index (χ0) is 18.7. The molecule has 0 saturated heterocycles. The Bertz CT molecular complexity index is 1290. The first-order chi connectivity index (χ1) is 13.1. The largest absolute Gasteiger partial charge is 0.306 e. The van der Waals surface area contributed by atoms with Crippen molar-refractivity contribution in [3.8, 4) is 5.69 Å². The summed E-state index contributed by atoms with van der Waals surface area (Å²) in [7, 11) is 0. The molecule has 1 heterocycles. The summed E-state index contributed by atoms with van der Waals surface area (Å²) < 4.78 is 1.79. The van der Waals surface area contributed by atoms with E-state index in [2.05, 4.69) is 0 Å². The number of fused-ring (bicyclic) bond motifs is 4. The van der Waals surface area contributed by atoms with Gasteiger partial charge in [-0.05, 0) is 24.3 Å². The number of benzene rings is 3. The normalized spacial score (nSPS) is 13.0. The molecule has 5 rings (SSSR count). The van der Waals surface area contributed by atoms with Crippen molar-refractivity contribution in [3.05, 3.63) is 99.2 Å². The molecule has 5 heteroatoms. The highest BCUT2D eigenvalue weighted by atomic mass is 35.5. The van der Waals surface area contributed by atoms with Gasteiger partial charge in [-0.25, -0.2) is 0 Å². The first-order valence-electron chi connectivity index (χ1n) is 8.35. The SMILES string of the molecule is O=C1c2ccccc2C(=O)c2c1c1ccccc1n2-c1ccc(Cl)c(Cl)c1. The molecule has 0 saturated carbocycles. The molecule has 27 heavy (non-hydrogen) atoms. The molecular formula is C22H11Cl2NO2. The van der Waals surface area contributed by atoms with Gasteiger partial charge in [-0.15, -0.1) is 0 Å². The molecule has 0 atom stereocenters. The number of hydrogen-bond donors (Lipinski definition) is 0. The molecule has 0 amide bonds. The molecule has 0 N–H and O–H groups in total. The summed E-state index contributed by atoms with van der Waals surface area (Å²) in [5.41, 5.74) is 3.10. The van der Waals surface area contributed by atoms with Crippen LogP contribution in [0.3, 0.4) is 0 Å². The zero-order valence-electron chi connectivity index (χ0n) is 13.9. The third kappa shape index (κ3) is 2.22. The van der Waals surface area contributed by atoms with Crippen molar-refractivity contribution in [2.24, 2.45) is 0 Å². The van der Waals surface area contributed by atoms with Crippen LogP contribution in [0.4, 0.5) is 0 Å². The monoisotopic (exact) mass is 391 g/mol. The van der Waals surface area contributed by atoms with Crippen LogP contribution in [-0.2, 0) is 0 Å². The number of aromatic nitrogens is 1. The van der Waals surface area contributed by atoms with Crippen LogP contribution >= 0.6 is 23.2 Å². The van der Waals surface area contributed by atoms with E-state index in [4.69, 9.17) is 23.2 Å². The van der Waals surface area contributed by atoms with E-state index >= 15 is 0 Å². The number of ketones is 2. The minimum atomic E-state index is -0.178. The number of carbonyl (C=O) groups is 2. The average molecular weight is 392 g/mol. The van der Waals surface area contributed by atoms with Gasteiger partial charge in [0.2, 0.25) is 5.78 Å². The first-order valence-corrected chi connectivity index (χ1v) is 9.11. The lowest BCUT2D eigenvalue weighted by Gasteiger charge is -2.17. The van der Waals surface area contributed by atoms with E-state index in [1.165, 1.54) is 0 Å². The van der Waals surface area contributed by atoms with Gasteiger partial charge >= 0.3 is 0 Å². The van der Waals surface area contributed by atoms with Gasteiger partial charge < -0.3 is 4.57 Å². The standard InChI is InChI=1S/C22H11Cl2NO2/c23-16-10-9-12(11-17(16)24)25-18-8-4-3-7-15(18)19-20(25)22(27)14-6-2-1-5-13(14)21(19)26/h1-11H. The Balaban J connectivity index is 1.93. The number of carbonyl (C=O) groups excluding carboxylic acids is 2. The van der Waals surface area contributed by atoms with E-state index in [-0.39, 0.29) is 11.6 Å². The van der Waals surface area contributed by atoms with Crippen LogP contribution in [0.25, 0.3) is 16.6 Å². The molecule has 130 valence electrons. The molecule has 0 bridgehead atoms. The van der Waals surface area contributed by atoms with Crippen LogP contribution in [0.1, 0.15) is 32.0 Å². The summed E-state index contributed by atoms with van der Waals surface area (Å²) in [6, 6.07) is 19.6. The predicted octanol–water partition coefficient (Wildman–Crippen LogP) is 5.71. The molecule has 1 aromatic heterocycles. The van der Waals surface area contributed by atoms with Gasteiger partial charge in [-0.1, -0.05) is 65.7 Å². The quantitative estimate of drug-likeness (QED) is 0.366. The summed E-state index contributed by atoms with van der Waals surface area (Å²) in [5.74, 6) is -0.322. The maximum Gasteiger partial charge on any atom is 0.211 e. The van der Waals surface area contributed by atoms with E-state index in [0.29, 0.717) is 38.1 Å². The van der Waals surface area contributed by atoms with Gasteiger partial charge in [-0.2, -0.15) is 0 Å². The Kier molecular flexibility index (Phi) is 3.51. The summed E-state index contributed by atoms with van der Waals surface area (Å²) in [6.45, 7) is 0. The summed E-state index contributed by atoms with van der Waals surface area (Å²) in [5, 5.41) is 1.56. The van der Waals surface area contributed by atoms with Crippen LogP contribution < -0.4 is 0 Å². The highest BCUT2D eigenvalue weighted by molar-refractivity contribution is 6.42. The van der Waals surface area contributed by atoms with Crippen molar-refractivity contribution in [2.45, 2.75) is 0 Å². The van der Waals surface area contributed by atoms with Crippen LogP contribution in [0, 0.1) is 0 Å². The summed E-state index contributed by atoms with van der Waals surface area (Å²) >= 11 is 12.3. The average Bonchev–Trinajstić information content (AvgIpc) is 3.04. The lowest BCUT2D eigenvalue weighted by Crippen LogP contribution is -2.22. The lowest BCUT2D eigenvalue weighted by molar-refractivity contribution is 0.0976. The third-order valence-electron chi connectivity index (χ3n) is 4.89. The Morgan fingerprint density at radius 2 is 1.37 bits per heavy atom. The smallest absolute Gasteiger partial charge is 0.211 e. The Hall–Kier alpha value is -2.88. The molecule has 0 aliphatic heterocycles. The van der Waals surface area contributed by atoms with Crippen molar-refractivity contribution < 1.29 is 9.59 Å². The van der Waals surface area contributed by atoms with Crippen LogP contribution in [0.15, 0.2) is 66.7 Å². The zero-order valence-corrected chi connectivity index (χ0v) is 15.4. The van der Waals surface area contributed by atoms with Gasteiger partial charge in [0.05, 0.1) is 21.1 Å². The molecule has 1 aliphatic carbocycles. The van der Waals surface area contributed by atoms with Crippen molar-refractivity contribution in [3.63, 3.8) is 0 Å². The number of hydrogen-bond acceptors (Lipinski definition) is 2. The van der Waals surface area contributed by atoms with Crippen molar-refractivity contribution >= 4 is 45.7 Å². The molecule has 4 aromatic rings. The number of halogens is 2. The van der Waals surface area contributed by atoms with E-state index in [0.717, 1.165) is 10.9 Å². The van der Waals surface area contributed by atoms with Crippen molar-refractivity contribution in [2.75, 3.05) is 0 Å². The number of rotatable bonds is 1. The molecule has 3 aromatic carbocycles. The van der Waals surface area contributed by atoms with Gasteiger partial charge in [0, 0.05) is 22.2 Å². The lowest BCUT2D eigenvalue weighted by atomic mass is 9.87. The van der Waals surface area contributed by atoms with Gasteiger partial charge in [0.1, 0.15) is 5.69 Å². The third-order valence-corrected chi connectivity index (χ3v) is 5.63. The Morgan fingerprint density at radius 1 is 0.704 bits per heavy atom. The Morgan fingerprint density at radius 3 is 2.11 bits per heavy atom. The fraction of sp³-hybridized carbons (Fsp3) is 0. The molecular weight excluding hydrogens is 381 g/mol. The maximum atomic E-state index is 13.3. The van der Waals surface area contributed by atoms with Crippen molar-refractivity contribution in [1.29, 1.82) is 0 Å². The second-order valence-electron chi connectivity index (χ2n) is 6.38. The molecule has 1 aliphatic rings. The molecule has 0 spiro atoms. The maximum absolute atomic E-state index is 13.3. The summed E-state index contributed by atoms with van der Waals surface area (Å²) in [4.78, 5) is 26.6. The van der Waals surface area contributed by atoms with Crippen LogP contribution in [0.5, 0.6) is 0 Å². The highest BCUT2D eigenvalue weighted by Gasteiger charge is 2.35. The predicted molar refractivity (Wildman–Crippen MR) is 107 cm³/mol. The van der Waals surface area contributed by atoms with Gasteiger partial charge in [0.25, 0.3) is 0 Å². The summed E-state index contributed by atoms with van der Waals surface area (Å²) in [6.07, 6.45) is 0. The minimum Gasteiger partial charge on any atom is -0.306 e. The molecule has 3 nitrogen and oxygen atoms in total. The minimum absolute atomic E-state index is 0.143. The second-order valence-corrected chi connectivity index (χ2v) is 7.19. The molecule has 0 unspecified atom stereocenters. The van der Waals surface area contributed by atoms with E-state index in [1.54, 1.807) is 47.0 Å². The molecule has 0 fully saturated rings. The fourth-order valence-corrected chi connectivity index (χ4v) is 4.01. The van der Waals surface area contributed by atoms with Crippen molar-refractivity contribution in [1.82, 2.24) is 4.57 Å². The topological polar surface area (TPSA) is 39.1 Å². The number of para-hydroxylation sites is 1. The molecule has 0 radical (unpaired) electrons. The van der Waals surface area contributed by atoms with E-state index in [1.807, 2.05) is 24.3 Å². The van der Waals surface area contributed by atoms with Crippen LogP contribution in [-0.4, -0.2) is 16.1 Å². The fourth-order valence-electron chi connectivity index (χ4n) is 3.72. The number of nitrogens with zero attached hydrogens (tertiary/aromatic N) is 1. The highest BCUT2D eigenvalue weighted by Crippen LogP contribution is 2.37. The second kappa shape index (κ2) is 5.81. The van der Waals surface area contributed by atoms with Crippen LogP contribution in [0.2, 0.25) is 10.0 Å². The van der Waals surface area contributed by atoms with E-state index < -0.39 is 0 Å². The Labute approximate surface area is 164 Å². The van der Waals surface area contributed by atoms with Gasteiger partial charge in [-0.3, -0.25) is 9.59 Å². The first kappa shape index (κ1) is 16.3. The van der Waals surface area contributed by atoms with E-state index in [9.17, 15) is 9.59 Å². The van der Waals surface area contributed by atoms with Gasteiger partial charge in [0.15, 0.2) is 5.78 Å².